The smallest absolute Gasteiger partial charge is 0.276 e. The Hall–Kier alpha value is -2.11. The van der Waals surface area contributed by atoms with Crippen molar-refractivity contribution in [3.8, 4) is 5.75 Å². The summed E-state index contributed by atoms with van der Waals surface area (Å²) >= 11 is 5.89. The van der Waals surface area contributed by atoms with Gasteiger partial charge in [-0.05, 0) is 31.2 Å². The van der Waals surface area contributed by atoms with Gasteiger partial charge in [-0.2, -0.15) is 0 Å². The molecule has 0 saturated carbocycles. The molecule has 6 heteroatoms. The zero-order chi connectivity index (χ0) is 15.4. The maximum absolute atomic E-state index is 10.9. The van der Waals surface area contributed by atoms with E-state index in [1.807, 2.05) is 0 Å². The van der Waals surface area contributed by atoms with Crippen LogP contribution in [0.15, 0.2) is 42.5 Å². The van der Waals surface area contributed by atoms with Crippen molar-refractivity contribution >= 4 is 17.3 Å². The predicted octanol–water partition coefficient (Wildman–Crippen LogP) is 3.88. The average molecular weight is 308 g/mol. The number of rotatable bonds is 5. The summed E-state index contributed by atoms with van der Waals surface area (Å²) in [5.74, 6) is 0.451. The van der Waals surface area contributed by atoms with E-state index in [1.165, 1.54) is 6.07 Å². The summed E-state index contributed by atoms with van der Waals surface area (Å²) in [7, 11) is 0. The molecule has 21 heavy (non-hydrogen) atoms. The minimum absolute atomic E-state index is 0.00469. The van der Waals surface area contributed by atoms with E-state index < -0.39 is 11.0 Å². The quantitative estimate of drug-likeness (QED) is 0.672. The fourth-order valence-electron chi connectivity index (χ4n) is 1.94. The molecule has 0 fully saturated rings. The molecule has 0 aromatic heterocycles. The summed E-state index contributed by atoms with van der Waals surface area (Å²) in [5.41, 5.74) is 1.01. The van der Waals surface area contributed by atoms with Crippen molar-refractivity contribution in [3.05, 3.63) is 68.7 Å². The summed E-state index contributed by atoms with van der Waals surface area (Å²) in [4.78, 5) is 10.5. The zero-order valence-corrected chi connectivity index (χ0v) is 12.1. The van der Waals surface area contributed by atoms with E-state index in [2.05, 4.69) is 0 Å². The molecular weight excluding hydrogens is 294 g/mol. The van der Waals surface area contributed by atoms with Gasteiger partial charge in [0.05, 0.1) is 16.6 Å². The molecule has 0 amide bonds. The number of benzene rings is 2. The van der Waals surface area contributed by atoms with E-state index in [0.717, 1.165) is 0 Å². The van der Waals surface area contributed by atoms with Crippen LogP contribution < -0.4 is 4.74 Å². The van der Waals surface area contributed by atoms with Crippen LogP contribution in [0.4, 0.5) is 5.69 Å². The highest BCUT2D eigenvalue weighted by Crippen LogP contribution is 2.29. The van der Waals surface area contributed by atoms with Gasteiger partial charge in [-0.3, -0.25) is 10.1 Å². The van der Waals surface area contributed by atoms with Crippen molar-refractivity contribution in [2.24, 2.45) is 0 Å². The Labute approximate surface area is 126 Å². The summed E-state index contributed by atoms with van der Waals surface area (Å²) < 4.78 is 5.61. The topological polar surface area (TPSA) is 72.6 Å². The third-order valence-corrected chi connectivity index (χ3v) is 3.23. The first-order chi connectivity index (χ1) is 9.99. The summed E-state index contributed by atoms with van der Waals surface area (Å²) in [6.07, 6.45) is -0.746. The van der Waals surface area contributed by atoms with Crippen LogP contribution in [0.5, 0.6) is 5.75 Å². The zero-order valence-electron chi connectivity index (χ0n) is 11.3. The maximum Gasteiger partial charge on any atom is 0.276 e. The molecule has 2 rings (SSSR count). The molecule has 2 aromatic rings. The monoisotopic (exact) mass is 307 g/mol. The van der Waals surface area contributed by atoms with Crippen molar-refractivity contribution in [2.45, 2.75) is 19.6 Å². The number of nitro benzene ring substituents is 1. The number of aliphatic hydroxyl groups excluding tert-OH is 1. The first-order valence-corrected chi connectivity index (χ1v) is 6.69. The van der Waals surface area contributed by atoms with Crippen LogP contribution in [0.1, 0.15) is 24.2 Å². The lowest BCUT2D eigenvalue weighted by atomic mass is 10.1. The van der Waals surface area contributed by atoms with Crippen molar-refractivity contribution in [2.75, 3.05) is 0 Å². The largest absolute Gasteiger partial charge is 0.488 e. The second-order valence-corrected chi connectivity index (χ2v) is 4.97. The maximum atomic E-state index is 10.9. The van der Waals surface area contributed by atoms with Gasteiger partial charge < -0.3 is 9.84 Å². The number of halogens is 1. The molecule has 1 atom stereocenters. The molecule has 1 N–H and O–H groups in total. The third kappa shape index (κ3) is 3.71. The Bertz CT molecular complexity index is 658. The Kier molecular flexibility index (Phi) is 4.77. The van der Waals surface area contributed by atoms with Gasteiger partial charge in [0.25, 0.3) is 5.69 Å². The van der Waals surface area contributed by atoms with Crippen molar-refractivity contribution < 1.29 is 14.8 Å². The molecule has 2 aromatic carbocycles. The van der Waals surface area contributed by atoms with Crippen molar-refractivity contribution in [3.63, 3.8) is 0 Å². The molecule has 0 aliphatic carbocycles. The number of nitrogens with zero attached hydrogens (tertiary/aromatic N) is 1. The predicted molar refractivity (Wildman–Crippen MR) is 79.5 cm³/mol. The molecule has 0 radical (unpaired) electrons. The Balaban J connectivity index is 2.23. The minimum Gasteiger partial charge on any atom is -0.488 e. The number of hydrogen-bond donors (Lipinski definition) is 1. The lowest BCUT2D eigenvalue weighted by Gasteiger charge is -2.14. The summed E-state index contributed by atoms with van der Waals surface area (Å²) in [6, 6.07) is 11.3. The van der Waals surface area contributed by atoms with Crippen LogP contribution >= 0.6 is 11.6 Å². The van der Waals surface area contributed by atoms with Crippen molar-refractivity contribution in [1.29, 1.82) is 0 Å². The van der Waals surface area contributed by atoms with Crippen LogP contribution in [-0.2, 0) is 6.61 Å². The van der Waals surface area contributed by atoms with Crippen LogP contribution in [0.2, 0.25) is 5.02 Å². The fourth-order valence-corrected chi connectivity index (χ4v) is 2.12. The average Bonchev–Trinajstić information content (AvgIpc) is 2.46. The van der Waals surface area contributed by atoms with E-state index in [4.69, 9.17) is 16.3 Å². The first-order valence-electron chi connectivity index (χ1n) is 6.31. The SMILES string of the molecule is C[C@H](O)c1cc(Cl)ccc1OCc1ccccc1[N+](=O)[O-]. The number of para-hydroxylation sites is 1. The van der Waals surface area contributed by atoms with Crippen molar-refractivity contribution in [1.82, 2.24) is 0 Å². The molecular formula is C15H14ClNO4. The first kappa shape index (κ1) is 15.3. The normalized spacial score (nSPS) is 12.0. The highest BCUT2D eigenvalue weighted by molar-refractivity contribution is 6.30. The fraction of sp³-hybridized carbons (Fsp3) is 0.200. The summed E-state index contributed by atoms with van der Waals surface area (Å²) in [5, 5.41) is 21.2. The molecule has 0 unspecified atom stereocenters. The lowest BCUT2D eigenvalue weighted by Crippen LogP contribution is -2.03. The molecule has 0 aliphatic rings. The lowest BCUT2D eigenvalue weighted by molar-refractivity contribution is -0.385. The van der Waals surface area contributed by atoms with Crippen LogP contribution in [0.3, 0.4) is 0 Å². The van der Waals surface area contributed by atoms with E-state index in [-0.39, 0.29) is 12.3 Å². The molecule has 5 nitrogen and oxygen atoms in total. The molecule has 0 bridgehead atoms. The molecule has 110 valence electrons. The molecule has 0 aliphatic heterocycles. The molecule has 0 saturated heterocycles. The molecule has 0 heterocycles. The Morgan fingerprint density at radius 2 is 2.05 bits per heavy atom. The van der Waals surface area contributed by atoms with E-state index in [9.17, 15) is 15.2 Å². The highest BCUT2D eigenvalue weighted by Gasteiger charge is 2.15. The minimum atomic E-state index is -0.746. The van der Waals surface area contributed by atoms with Gasteiger partial charge in [0, 0.05) is 16.7 Å². The van der Waals surface area contributed by atoms with Gasteiger partial charge in [-0.25, -0.2) is 0 Å². The van der Waals surface area contributed by atoms with Crippen LogP contribution in [0.25, 0.3) is 0 Å². The Morgan fingerprint density at radius 1 is 1.33 bits per heavy atom. The number of nitro groups is 1. The van der Waals surface area contributed by atoms with E-state index in [1.54, 1.807) is 43.3 Å². The van der Waals surface area contributed by atoms with Gasteiger partial charge >= 0.3 is 0 Å². The summed E-state index contributed by atoms with van der Waals surface area (Å²) in [6.45, 7) is 1.64. The standard InChI is InChI=1S/C15H14ClNO4/c1-10(18)13-8-12(16)6-7-15(13)21-9-11-4-2-3-5-14(11)17(19)20/h2-8,10,18H,9H2,1H3/t10-/m0/s1. The highest BCUT2D eigenvalue weighted by atomic mass is 35.5. The Morgan fingerprint density at radius 3 is 2.71 bits per heavy atom. The number of hydrogen-bond acceptors (Lipinski definition) is 4. The van der Waals surface area contributed by atoms with Gasteiger partial charge in [0.15, 0.2) is 0 Å². The van der Waals surface area contributed by atoms with Gasteiger partial charge in [0.2, 0.25) is 0 Å². The molecule has 0 spiro atoms. The number of aliphatic hydroxyl groups is 1. The van der Waals surface area contributed by atoms with Gasteiger partial charge in [-0.15, -0.1) is 0 Å². The van der Waals surface area contributed by atoms with Crippen LogP contribution in [-0.4, -0.2) is 10.0 Å². The van der Waals surface area contributed by atoms with Crippen LogP contribution in [0, 0.1) is 10.1 Å². The second-order valence-electron chi connectivity index (χ2n) is 4.53. The van der Waals surface area contributed by atoms with E-state index >= 15 is 0 Å². The van der Waals surface area contributed by atoms with Gasteiger partial charge in [0.1, 0.15) is 12.4 Å². The third-order valence-electron chi connectivity index (χ3n) is 2.99. The second kappa shape index (κ2) is 6.56. The van der Waals surface area contributed by atoms with Gasteiger partial charge in [-0.1, -0.05) is 23.7 Å². The number of ether oxygens (including phenoxy) is 1. The van der Waals surface area contributed by atoms with E-state index in [0.29, 0.717) is 21.9 Å².